The summed E-state index contributed by atoms with van der Waals surface area (Å²) in [6.07, 6.45) is 1.18. The number of nitrogens with one attached hydrogen (secondary N) is 1. The molecule has 0 radical (unpaired) electrons. The SMILES string of the molecule is O=S(=O)(Oc1nccc2c1[nH]c1ccccc12)C(F)(F)F. The van der Waals surface area contributed by atoms with Crippen LogP contribution in [-0.4, -0.2) is 23.9 Å². The molecule has 0 amide bonds. The molecule has 3 aromatic rings. The Morgan fingerprint density at radius 2 is 1.81 bits per heavy atom. The Morgan fingerprint density at radius 1 is 1.10 bits per heavy atom. The van der Waals surface area contributed by atoms with Crippen molar-refractivity contribution in [3.05, 3.63) is 36.5 Å². The number of hydrogen-bond acceptors (Lipinski definition) is 4. The van der Waals surface area contributed by atoms with Crippen LogP contribution < -0.4 is 4.18 Å². The number of rotatable bonds is 2. The molecule has 1 N–H and O–H groups in total. The molecule has 5 nitrogen and oxygen atoms in total. The van der Waals surface area contributed by atoms with Crippen molar-refractivity contribution >= 4 is 31.9 Å². The lowest BCUT2D eigenvalue weighted by molar-refractivity contribution is -0.0500. The highest BCUT2D eigenvalue weighted by Crippen LogP contribution is 2.33. The van der Waals surface area contributed by atoms with E-state index in [1.807, 2.05) is 0 Å². The lowest BCUT2D eigenvalue weighted by atomic mass is 10.2. The third kappa shape index (κ3) is 2.19. The highest BCUT2D eigenvalue weighted by Gasteiger charge is 2.49. The molecule has 1 aromatic carbocycles. The Bertz CT molecular complexity index is 932. The maximum Gasteiger partial charge on any atom is 0.534 e. The lowest BCUT2D eigenvalue weighted by Gasteiger charge is -2.08. The molecule has 0 fully saturated rings. The third-order valence-corrected chi connectivity index (χ3v) is 3.81. The van der Waals surface area contributed by atoms with Gasteiger partial charge < -0.3 is 9.17 Å². The van der Waals surface area contributed by atoms with Crippen LogP contribution in [0.1, 0.15) is 0 Å². The fraction of sp³-hybridized carbons (Fsp3) is 0.0833. The first kappa shape index (κ1) is 13.7. The molecule has 0 atom stereocenters. The number of pyridine rings is 1. The minimum absolute atomic E-state index is 0.0894. The molecule has 2 aromatic heterocycles. The van der Waals surface area contributed by atoms with Gasteiger partial charge in [-0.3, -0.25) is 0 Å². The van der Waals surface area contributed by atoms with Gasteiger partial charge in [-0.2, -0.15) is 21.6 Å². The van der Waals surface area contributed by atoms with Crippen LogP contribution in [0, 0.1) is 0 Å². The molecule has 110 valence electrons. The molecule has 2 heterocycles. The second-order valence-electron chi connectivity index (χ2n) is 4.19. The summed E-state index contributed by atoms with van der Waals surface area (Å²) in [5.41, 5.74) is -4.79. The number of H-pyrrole nitrogens is 1. The summed E-state index contributed by atoms with van der Waals surface area (Å²) in [6.45, 7) is 0. The number of para-hydroxylation sites is 1. The largest absolute Gasteiger partial charge is 0.534 e. The van der Waals surface area contributed by atoms with E-state index in [9.17, 15) is 21.6 Å². The Morgan fingerprint density at radius 3 is 2.52 bits per heavy atom. The predicted molar refractivity (Wildman–Crippen MR) is 69.2 cm³/mol. The second-order valence-corrected chi connectivity index (χ2v) is 5.73. The van der Waals surface area contributed by atoms with E-state index in [2.05, 4.69) is 14.2 Å². The van der Waals surface area contributed by atoms with Gasteiger partial charge in [0.05, 0.1) is 0 Å². The highest BCUT2D eigenvalue weighted by atomic mass is 32.2. The zero-order valence-corrected chi connectivity index (χ0v) is 11.0. The molecule has 0 bridgehead atoms. The van der Waals surface area contributed by atoms with Crippen molar-refractivity contribution in [2.75, 3.05) is 0 Å². The van der Waals surface area contributed by atoms with Crippen molar-refractivity contribution in [3.63, 3.8) is 0 Å². The Labute approximate surface area is 116 Å². The summed E-state index contributed by atoms with van der Waals surface area (Å²) < 4.78 is 63.4. The molecule has 0 spiro atoms. The zero-order chi connectivity index (χ0) is 15.3. The first-order valence-electron chi connectivity index (χ1n) is 5.66. The quantitative estimate of drug-likeness (QED) is 0.583. The van der Waals surface area contributed by atoms with Crippen LogP contribution in [0.3, 0.4) is 0 Å². The van der Waals surface area contributed by atoms with E-state index in [1.54, 1.807) is 30.3 Å². The molecule has 9 heteroatoms. The van der Waals surface area contributed by atoms with Crippen molar-refractivity contribution in [1.82, 2.24) is 9.97 Å². The Balaban J connectivity index is 2.21. The van der Waals surface area contributed by atoms with Crippen LogP contribution in [0.4, 0.5) is 13.2 Å². The Hall–Kier alpha value is -2.29. The molecule has 0 saturated heterocycles. The van der Waals surface area contributed by atoms with E-state index in [-0.39, 0.29) is 5.52 Å². The van der Waals surface area contributed by atoms with E-state index in [4.69, 9.17) is 0 Å². The first-order valence-corrected chi connectivity index (χ1v) is 7.06. The summed E-state index contributed by atoms with van der Waals surface area (Å²) in [7, 11) is -5.76. The van der Waals surface area contributed by atoms with E-state index < -0.39 is 21.5 Å². The number of halogens is 3. The second kappa shape index (κ2) is 4.35. The van der Waals surface area contributed by atoms with Crippen molar-refractivity contribution in [3.8, 4) is 5.88 Å². The highest BCUT2D eigenvalue weighted by molar-refractivity contribution is 7.88. The number of aromatic nitrogens is 2. The average molecular weight is 316 g/mol. The van der Waals surface area contributed by atoms with Crippen molar-refractivity contribution in [2.45, 2.75) is 5.51 Å². The van der Waals surface area contributed by atoms with E-state index in [0.29, 0.717) is 10.9 Å². The molecule has 0 aliphatic carbocycles. The van der Waals surface area contributed by atoms with Gasteiger partial charge in [0.15, 0.2) is 0 Å². The third-order valence-electron chi connectivity index (χ3n) is 2.87. The van der Waals surface area contributed by atoms with Gasteiger partial charge in [-0.25, -0.2) is 4.98 Å². The minimum Gasteiger partial charge on any atom is -0.353 e. The van der Waals surface area contributed by atoms with Crippen molar-refractivity contribution < 1.29 is 25.8 Å². The molecule has 0 saturated carbocycles. The van der Waals surface area contributed by atoms with Gasteiger partial charge in [-0.1, -0.05) is 18.2 Å². The number of benzene rings is 1. The van der Waals surface area contributed by atoms with Gasteiger partial charge >= 0.3 is 15.6 Å². The predicted octanol–water partition coefficient (Wildman–Crippen LogP) is 2.94. The minimum atomic E-state index is -5.76. The van der Waals surface area contributed by atoms with E-state index >= 15 is 0 Å². The van der Waals surface area contributed by atoms with Crippen LogP contribution in [-0.2, 0) is 10.1 Å². The van der Waals surface area contributed by atoms with E-state index in [0.717, 1.165) is 5.39 Å². The maximum absolute atomic E-state index is 12.4. The van der Waals surface area contributed by atoms with E-state index in [1.165, 1.54) is 6.20 Å². The van der Waals surface area contributed by atoms with Crippen LogP contribution in [0.15, 0.2) is 36.5 Å². The van der Waals surface area contributed by atoms with Gasteiger partial charge in [-0.05, 0) is 12.1 Å². The normalized spacial score (nSPS) is 12.9. The topological polar surface area (TPSA) is 72.1 Å². The average Bonchev–Trinajstić information content (AvgIpc) is 2.77. The summed E-state index contributed by atoms with van der Waals surface area (Å²) in [5, 5.41) is 1.25. The number of nitrogens with zero attached hydrogens (tertiary/aromatic N) is 1. The van der Waals surface area contributed by atoms with Crippen LogP contribution in [0.25, 0.3) is 21.8 Å². The molecule has 0 aliphatic rings. The van der Waals surface area contributed by atoms with Gasteiger partial charge in [-0.15, -0.1) is 0 Å². The van der Waals surface area contributed by atoms with Crippen LogP contribution in [0.5, 0.6) is 5.88 Å². The van der Waals surface area contributed by atoms with Crippen molar-refractivity contribution in [2.24, 2.45) is 0 Å². The van der Waals surface area contributed by atoms with Gasteiger partial charge in [0.2, 0.25) is 0 Å². The zero-order valence-electron chi connectivity index (χ0n) is 10.2. The van der Waals surface area contributed by atoms with Gasteiger partial charge in [0.25, 0.3) is 5.88 Å². The standard InChI is InChI=1S/C12H7F3N2O3S/c13-12(14,15)21(18,19)20-11-10-8(5-6-16-11)7-3-1-2-4-9(7)17-10/h1-6,17H. The fourth-order valence-corrected chi connectivity index (χ4v) is 2.39. The smallest absolute Gasteiger partial charge is 0.353 e. The maximum atomic E-state index is 12.4. The molecule has 21 heavy (non-hydrogen) atoms. The fourth-order valence-electron chi connectivity index (χ4n) is 1.96. The number of fused-ring (bicyclic) bond motifs is 3. The molecule has 3 rings (SSSR count). The monoisotopic (exact) mass is 316 g/mol. The molecular weight excluding hydrogens is 309 g/mol. The summed E-state index contributed by atoms with van der Waals surface area (Å²) >= 11 is 0. The molecule has 0 aliphatic heterocycles. The number of hydrogen-bond donors (Lipinski definition) is 1. The van der Waals surface area contributed by atoms with Crippen LogP contribution in [0.2, 0.25) is 0 Å². The number of aromatic amines is 1. The van der Waals surface area contributed by atoms with Crippen LogP contribution >= 0.6 is 0 Å². The lowest BCUT2D eigenvalue weighted by Crippen LogP contribution is -2.28. The number of alkyl halides is 3. The molecule has 0 unspecified atom stereocenters. The summed E-state index contributed by atoms with van der Waals surface area (Å²) in [6, 6.07) is 8.50. The summed E-state index contributed by atoms with van der Waals surface area (Å²) in [4.78, 5) is 6.37. The Kier molecular flexibility index (Phi) is 2.84. The first-order chi connectivity index (χ1) is 9.79. The molecular formula is C12H7F3N2O3S. The van der Waals surface area contributed by atoms with Gasteiger partial charge in [0, 0.05) is 22.5 Å². The summed E-state index contributed by atoms with van der Waals surface area (Å²) in [5.74, 6) is -0.638. The van der Waals surface area contributed by atoms with Gasteiger partial charge in [0.1, 0.15) is 5.52 Å². The van der Waals surface area contributed by atoms with Crippen molar-refractivity contribution in [1.29, 1.82) is 0 Å².